The summed E-state index contributed by atoms with van der Waals surface area (Å²) in [6.07, 6.45) is 1.65. The van der Waals surface area contributed by atoms with Gasteiger partial charge in [0.25, 0.3) is 5.69 Å². The molecule has 0 atom stereocenters. The van der Waals surface area contributed by atoms with E-state index in [0.29, 0.717) is 18.8 Å². The van der Waals surface area contributed by atoms with Crippen LogP contribution in [0.1, 0.15) is 10.4 Å². The summed E-state index contributed by atoms with van der Waals surface area (Å²) in [7, 11) is 0. The zero-order chi connectivity index (χ0) is 19.7. The number of benzene rings is 1. The number of nitro benzene ring substituents is 1. The Labute approximate surface area is 168 Å². The summed E-state index contributed by atoms with van der Waals surface area (Å²) in [4.78, 5) is 29.9. The van der Waals surface area contributed by atoms with Crippen molar-refractivity contribution in [3.05, 3.63) is 61.6 Å². The Kier molecular flexibility index (Phi) is 5.12. The zero-order valence-electron chi connectivity index (χ0n) is 14.5. The van der Waals surface area contributed by atoms with Crippen molar-refractivity contribution in [2.75, 3.05) is 31.2 Å². The Morgan fingerprint density at radius 1 is 1.25 bits per heavy atom. The van der Waals surface area contributed by atoms with Gasteiger partial charge in [-0.1, -0.05) is 11.6 Å². The number of morpholine rings is 1. The minimum Gasteiger partial charge on any atom is -0.402 e. The van der Waals surface area contributed by atoms with Gasteiger partial charge in [-0.3, -0.25) is 10.1 Å². The van der Waals surface area contributed by atoms with Crippen LogP contribution < -0.4 is 4.90 Å². The molecule has 2 aliphatic heterocycles. The van der Waals surface area contributed by atoms with Crippen LogP contribution >= 0.6 is 22.9 Å². The molecule has 1 aromatic carbocycles. The molecule has 144 valence electrons. The summed E-state index contributed by atoms with van der Waals surface area (Å²) >= 11 is 7.36. The summed E-state index contributed by atoms with van der Waals surface area (Å²) in [6.45, 7) is 3.05. The highest BCUT2D eigenvalue weighted by Crippen LogP contribution is 2.31. The summed E-state index contributed by atoms with van der Waals surface area (Å²) < 4.78 is 10.5. The lowest BCUT2D eigenvalue weighted by Crippen LogP contribution is -2.35. The molecule has 0 bridgehead atoms. The van der Waals surface area contributed by atoms with Crippen molar-refractivity contribution in [2.45, 2.75) is 0 Å². The average molecular weight is 420 g/mol. The van der Waals surface area contributed by atoms with Crippen molar-refractivity contribution in [1.29, 1.82) is 0 Å². The first-order valence-corrected chi connectivity index (χ1v) is 9.60. The second kappa shape index (κ2) is 7.70. The molecular weight excluding hydrogens is 406 g/mol. The molecule has 2 aliphatic rings. The average Bonchev–Trinajstić information content (AvgIpc) is 3.30. The van der Waals surface area contributed by atoms with Gasteiger partial charge in [0.05, 0.1) is 23.1 Å². The van der Waals surface area contributed by atoms with E-state index in [0.717, 1.165) is 23.0 Å². The highest BCUT2D eigenvalue weighted by molar-refractivity contribution is 7.16. The number of rotatable bonds is 4. The molecule has 4 rings (SSSR count). The summed E-state index contributed by atoms with van der Waals surface area (Å²) in [5, 5.41) is 12.1. The smallest absolute Gasteiger partial charge is 0.363 e. The van der Waals surface area contributed by atoms with Crippen LogP contribution in [0.15, 0.2) is 41.0 Å². The third-order valence-corrected chi connectivity index (χ3v) is 5.64. The number of halogens is 1. The first-order chi connectivity index (χ1) is 13.5. The summed E-state index contributed by atoms with van der Waals surface area (Å²) in [5.41, 5.74) is 0.180. The van der Waals surface area contributed by atoms with Gasteiger partial charge in [-0.05, 0) is 30.3 Å². The standard InChI is InChI=1S/C18H14ClN3O5S/c19-13-3-1-11(9-15(13)22(24)25)17-20-14(18(23)27-17)10-12-2-4-16(28-12)21-5-7-26-8-6-21/h1-4,9-10H,5-8H2/b14-10-. The van der Waals surface area contributed by atoms with Crippen LogP contribution in [0.4, 0.5) is 10.7 Å². The molecule has 0 spiro atoms. The molecule has 0 aliphatic carbocycles. The number of esters is 1. The van der Waals surface area contributed by atoms with E-state index >= 15 is 0 Å². The van der Waals surface area contributed by atoms with E-state index in [4.69, 9.17) is 21.1 Å². The minimum atomic E-state index is -0.603. The van der Waals surface area contributed by atoms with Crippen molar-refractivity contribution < 1.29 is 19.2 Å². The second-order valence-corrected chi connectivity index (χ2v) is 7.54. The maximum absolute atomic E-state index is 12.2. The van der Waals surface area contributed by atoms with Gasteiger partial charge in [0.15, 0.2) is 5.70 Å². The van der Waals surface area contributed by atoms with E-state index < -0.39 is 10.9 Å². The van der Waals surface area contributed by atoms with Gasteiger partial charge in [0.1, 0.15) is 5.02 Å². The van der Waals surface area contributed by atoms with Gasteiger partial charge in [-0.2, -0.15) is 0 Å². The van der Waals surface area contributed by atoms with Crippen molar-refractivity contribution >= 4 is 51.6 Å². The van der Waals surface area contributed by atoms with Crippen molar-refractivity contribution in [3.63, 3.8) is 0 Å². The Morgan fingerprint density at radius 2 is 2.04 bits per heavy atom. The molecule has 3 heterocycles. The van der Waals surface area contributed by atoms with Crippen LogP contribution in [0.25, 0.3) is 6.08 Å². The number of nitrogens with zero attached hydrogens (tertiary/aromatic N) is 3. The highest BCUT2D eigenvalue weighted by atomic mass is 35.5. The SMILES string of the molecule is O=C1OC(c2ccc(Cl)c([N+](=O)[O-])c2)=N/C1=C\c1ccc(N2CCOCC2)s1. The Balaban J connectivity index is 1.58. The molecule has 2 aromatic rings. The number of thiophene rings is 1. The number of anilines is 1. The van der Waals surface area contributed by atoms with Crippen LogP contribution in [0.3, 0.4) is 0 Å². The molecule has 1 aromatic heterocycles. The normalized spacial score (nSPS) is 18.3. The Hall–Kier alpha value is -2.75. The third-order valence-electron chi connectivity index (χ3n) is 4.22. The Morgan fingerprint density at radius 3 is 2.79 bits per heavy atom. The largest absolute Gasteiger partial charge is 0.402 e. The van der Waals surface area contributed by atoms with Crippen LogP contribution in [0.5, 0.6) is 0 Å². The van der Waals surface area contributed by atoms with Crippen molar-refractivity contribution in [1.82, 2.24) is 0 Å². The lowest BCUT2D eigenvalue weighted by molar-refractivity contribution is -0.384. The van der Waals surface area contributed by atoms with Crippen molar-refractivity contribution in [2.24, 2.45) is 4.99 Å². The maximum atomic E-state index is 12.2. The molecule has 10 heteroatoms. The third kappa shape index (κ3) is 3.77. The van der Waals surface area contributed by atoms with Crippen LogP contribution in [-0.4, -0.2) is 43.1 Å². The number of ether oxygens (including phenoxy) is 2. The fourth-order valence-electron chi connectivity index (χ4n) is 2.83. The van der Waals surface area contributed by atoms with E-state index in [1.54, 1.807) is 17.4 Å². The van der Waals surface area contributed by atoms with Gasteiger partial charge < -0.3 is 14.4 Å². The van der Waals surface area contributed by atoms with Gasteiger partial charge in [-0.15, -0.1) is 11.3 Å². The number of cyclic esters (lactones) is 1. The lowest BCUT2D eigenvalue weighted by atomic mass is 10.2. The predicted molar refractivity (Wildman–Crippen MR) is 106 cm³/mol. The van der Waals surface area contributed by atoms with Crippen molar-refractivity contribution in [3.8, 4) is 0 Å². The predicted octanol–water partition coefficient (Wildman–Crippen LogP) is 3.49. The molecule has 0 saturated carbocycles. The summed E-state index contributed by atoms with van der Waals surface area (Å²) in [5.74, 6) is -0.588. The van der Waals surface area contributed by atoms with E-state index in [1.807, 2.05) is 12.1 Å². The van der Waals surface area contributed by atoms with Crippen LogP contribution in [-0.2, 0) is 14.3 Å². The minimum absolute atomic E-state index is 0.00340. The molecule has 0 unspecified atom stereocenters. The zero-order valence-corrected chi connectivity index (χ0v) is 16.0. The molecule has 0 N–H and O–H groups in total. The first kappa shape index (κ1) is 18.6. The molecule has 1 fully saturated rings. The quantitative estimate of drug-likeness (QED) is 0.326. The van der Waals surface area contributed by atoms with Crippen LogP contribution in [0, 0.1) is 10.1 Å². The summed E-state index contributed by atoms with van der Waals surface area (Å²) in [6, 6.07) is 8.04. The van der Waals surface area contributed by atoms with Gasteiger partial charge in [0.2, 0.25) is 5.90 Å². The van der Waals surface area contributed by atoms with Gasteiger partial charge in [0, 0.05) is 29.6 Å². The fraction of sp³-hybridized carbons (Fsp3) is 0.222. The number of carbonyl (C=O) groups excluding carboxylic acids is 1. The van der Waals surface area contributed by atoms with Crippen LogP contribution in [0.2, 0.25) is 5.02 Å². The first-order valence-electron chi connectivity index (χ1n) is 8.41. The number of carbonyl (C=O) groups is 1. The molecule has 8 nitrogen and oxygen atoms in total. The van der Waals surface area contributed by atoms with E-state index in [1.165, 1.54) is 18.2 Å². The molecule has 0 amide bonds. The number of aliphatic imine (C=N–C) groups is 1. The van der Waals surface area contributed by atoms with E-state index in [9.17, 15) is 14.9 Å². The molecule has 0 radical (unpaired) electrons. The van der Waals surface area contributed by atoms with E-state index in [2.05, 4.69) is 9.89 Å². The molecular formula is C18H14ClN3O5S. The lowest BCUT2D eigenvalue weighted by Gasteiger charge is -2.27. The molecule has 1 saturated heterocycles. The monoisotopic (exact) mass is 419 g/mol. The van der Waals surface area contributed by atoms with E-state index in [-0.39, 0.29) is 22.3 Å². The maximum Gasteiger partial charge on any atom is 0.363 e. The van der Waals surface area contributed by atoms with Gasteiger partial charge in [-0.25, -0.2) is 9.79 Å². The molecule has 28 heavy (non-hydrogen) atoms. The highest BCUT2D eigenvalue weighted by Gasteiger charge is 2.26. The number of hydrogen-bond donors (Lipinski definition) is 0. The second-order valence-electron chi connectivity index (χ2n) is 6.03. The number of nitro groups is 1. The number of hydrogen-bond acceptors (Lipinski definition) is 8. The Bertz CT molecular complexity index is 1010. The topological polar surface area (TPSA) is 94.3 Å². The fourth-order valence-corrected chi connectivity index (χ4v) is 4.01. The van der Waals surface area contributed by atoms with Gasteiger partial charge >= 0.3 is 5.97 Å².